The van der Waals surface area contributed by atoms with Gasteiger partial charge in [-0.25, -0.2) is 14.4 Å². The Kier molecular flexibility index (Phi) is 2.86. The average Bonchev–Trinajstić information content (AvgIpc) is 3.21. The summed E-state index contributed by atoms with van der Waals surface area (Å²) in [7, 11) is 0. The number of fused-ring (bicyclic) bond motifs is 2. The van der Waals surface area contributed by atoms with Gasteiger partial charge in [-0.1, -0.05) is 0 Å². The van der Waals surface area contributed by atoms with Gasteiger partial charge in [0.25, 0.3) is 5.56 Å². The van der Waals surface area contributed by atoms with E-state index in [2.05, 4.69) is 4.98 Å². The van der Waals surface area contributed by atoms with Crippen LogP contribution in [0.25, 0.3) is 16.7 Å². The number of rotatable bonds is 2. The molecule has 0 spiro atoms. The van der Waals surface area contributed by atoms with Gasteiger partial charge in [0.05, 0.1) is 11.2 Å². The van der Waals surface area contributed by atoms with Crippen molar-refractivity contribution in [3.05, 3.63) is 64.6 Å². The molecule has 0 aliphatic heterocycles. The molecule has 0 amide bonds. The van der Waals surface area contributed by atoms with Gasteiger partial charge in [-0.05, 0) is 67.5 Å². The lowest BCUT2D eigenvalue weighted by Crippen LogP contribution is -2.26. The number of nitrogens with zero attached hydrogens (tertiary/aromatic N) is 3. The summed E-state index contributed by atoms with van der Waals surface area (Å²) in [6, 6.07) is 9.64. The molecule has 2 aliphatic carbocycles. The van der Waals surface area contributed by atoms with Gasteiger partial charge in [-0.2, -0.15) is 0 Å². The van der Waals surface area contributed by atoms with Gasteiger partial charge in [0.1, 0.15) is 11.6 Å². The van der Waals surface area contributed by atoms with Crippen molar-refractivity contribution >= 4 is 11.0 Å². The second kappa shape index (κ2) is 4.97. The number of benzene rings is 1. The fourth-order valence-corrected chi connectivity index (χ4v) is 4.07. The second-order valence-electron chi connectivity index (χ2n) is 6.88. The van der Waals surface area contributed by atoms with Gasteiger partial charge in [-0.15, -0.1) is 0 Å². The van der Waals surface area contributed by atoms with Crippen LogP contribution in [0.4, 0.5) is 4.39 Å². The first-order chi connectivity index (χ1) is 11.7. The zero-order chi connectivity index (χ0) is 16.3. The summed E-state index contributed by atoms with van der Waals surface area (Å²) in [5.41, 5.74) is 1.46. The van der Waals surface area contributed by atoms with Crippen LogP contribution >= 0.6 is 0 Å². The molecule has 2 heterocycles. The normalized spacial score (nSPS) is 25.0. The molecule has 5 rings (SSSR count). The van der Waals surface area contributed by atoms with Gasteiger partial charge in [-0.3, -0.25) is 9.36 Å². The van der Waals surface area contributed by atoms with Crippen LogP contribution in [0.1, 0.15) is 31.0 Å². The minimum atomic E-state index is -0.317. The number of pyridine rings is 1. The van der Waals surface area contributed by atoms with E-state index >= 15 is 0 Å². The van der Waals surface area contributed by atoms with Crippen LogP contribution in [0.3, 0.4) is 0 Å². The van der Waals surface area contributed by atoms with Crippen LogP contribution in [0.5, 0.6) is 0 Å². The Morgan fingerprint density at radius 1 is 1.04 bits per heavy atom. The Hall–Kier alpha value is -2.56. The molecule has 1 unspecified atom stereocenters. The van der Waals surface area contributed by atoms with Crippen molar-refractivity contribution in [2.24, 2.45) is 11.8 Å². The number of aromatic nitrogens is 3. The SMILES string of the molecule is O=c1c2ncccc2nc(C2C[C@@H]3C[C@@H]3C2)n1-c1ccc(F)cc1. The summed E-state index contributed by atoms with van der Waals surface area (Å²) in [6.45, 7) is 0. The van der Waals surface area contributed by atoms with Crippen molar-refractivity contribution in [1.82, 2.24) is 14.5 Å². The molecule has 120 valence electrons. The lowest BCUT2D eigenvalue weighted by Gasteiger charge is -2.18. The molecule has 0 radical (unpaired) electrons. The molecule has 4 nitrogen and oxygen atoms in total. The third kappa shape index (κ3) is 2.08. The maximum Gasteiger partial charge on any atom is 0.284 e. The van der Waals surface area contributed by atoms with Gasteiger partial charge < -0.3 is 0 Å². The van der Waals surface area contributed by atoms with Crippen LogP contribution in [-0.4, -0.2) is 14.5 Å². The molecule has 2 aliphatic rings. The van der Waals surface area contributed by atoms with Gasteiger partial charge in [0.15, 0.2) is 5.52 Å². The molecule has 2 saturated carbocycles. The van der Waals surface area contributed by atoms with E-state index in [1.54, 1.807) is 29.0 Å². The largest absolute Gasteiger partial charge is 0.284 e. The van der Waals surface area contributed by atoms with E-state index in [-0.39, 0.29) is 17.3 Å². The molecule has 3 atom stereocenters. The summed E-state index contributed by atoms with van der Waals surface area (Å²) >= 11 is 0. The van der Waals surface area contributed by atoms with Crippen molar-refractivity contribution in [3.8, 4) is 5.69 Å². The van der Waals surface area contributed by atoms with Crippen LogP contribution in [0, 0.1) is 17.7 Å². The molecular formula is C19H16FN3O. The highest BCUT2D eigenvalue weighted by Gasteiger charge is 2.47. The summed E-state index contributed by atoms with van der Waals surface area (Å²) in [5, 5.41) is 0. The average molecular weight is 321 g/mol. The summed E-state index contributed by atoms with van der Waals surface area (Å²) < 4.78 is 14.9. The standard InChI is InChI=1S/C19H16FN3O/c20-14-3-5-15(6-4-14)23-18(13-9-11-8-12(11)10-13)22-16-2-1-7-21-17(16)19(23)24/h1-7,11-13H,8-10H2/t11-,12+,13?. The quantitative estimate of drug-likeness (QED) is 0.726. The monoisotopic (exact) mass is 321 g/mol. The first-order valence-electron chi connectivity index (χ1n) is 8.34. The lowest BCUT2D eigenvalue weighted by molar-refractivity contribution is 0.571. The summed E-state index contributed by atoms with van der Waals surface area (Å²) in [6.07, 6.45) is 5.09. The van der Waals surface area contributed by atoms with Crippen molar-refractivity contribution in [1.29, 1.82) is 0 Å². The molecule has 24 heavy (non-hydrogen) atoms. The predicted molar refractivity (Wildman–Crippen MR) is 88.7 cm³/mol. The highest BCUT2D eigenvalue weighted by atomic mass is 19.1. The molecule has 1 aromatic carbocycles. The summed E-state index contributed by atoms with van der Waals surface area (Å²) in [5.74, 6) is 2.34. The van der Waals surface area contributed by atoms with Crippen molar-refractivity contribution in [3.63, 3.8) is 0 Å². The zero-order valence-corrected chi connectivity index (χ0v) is 13.0. The van der Waals surface area contributed by atoms with Crippen LogP contribution in [0.2, 0.25) is 0 Å². The van der Waals surface area contributed by atoms with Gasteiger partial charge in [0.2, 0.25) is 0 Å². The second-order valence-corrected chi connectivity index (χ2v) is 6.88. The van der Waals surface area contributed by atoms with Crippen molar-refractivity contribution < 1.29 is 4.39 Å². The molecular weight excluding hydrogens is 305 g/mol. The summed E-state index contributed by atoms with van der Waals surface area (Å²) in [4.78, 5) is 22.0. The molecule has 0 bridgehead atoms. The third-order valence-electron chi connectivity index (χ3n) is 5.35. The van der Waals surface area contributed by atoms with E-state index in [0.717, 1.165) is 30.5 Å². The van der Waals surface area contributed by atoms with Crippen molar-refractivity contribution in [2.75, 3.05) is 0 Å². The fraction of sp³-hybridized carbons (Fsp3) is 0.316. The third-order valence-corrected chi connectivity index (χ3v) is 5.35. The maximum absolute atomic E-state index is 13.3. The lowest BCUT2D eigenvalue weighted by atomic mass is 10.0. The molecule has 0 saturated heterocycles. The maximum atomic E-state index is 13.3. The van der Waals surface area contributed by atoms with E-state index in [1.165, 1.54) is 18.6 Å². The highest BCUT2D eigenvalue weighted by Crippen LogP contribution is 2.57. The Morgan fingerprint density at radius 3 is 2.54 bits per heavy atom. The molecule has 3 aromatic rings. The Balaban J connectivity index is 1.77. The van der Waals surface area contributed by atoms with Gasteiger partial charge >= 0.3 is 0 Å². The van der Waals surface area contributed by atoms with E-state index < -0.39 is 0 Å². The zero-order valence-electron chi connectivity index (χ0n) is 13.0. The van der Waals surface area contributed by atoms with Crippen LogP contribution in [0.15, 0.2) is 47.4 Å². The topological polar surface area (TPSA) is 47.8 Å². The smallest absolute Gasteiger partial charge is 0.266 e. The first kappa shape index (κ1) is 13.8. The number of hydrogen-bond acceptors (Lipinski definition) is 3. The van der Waals surface area contributed by atoms with Crippen LogP contribution in [-0.2, 0) is 0 Å². The Bertz CT molecular complexity index is 986. The minimum absolute atomic E-state index is 0.178. The first-order valence-corrected chi connectivity index (χ1v) is 8.34. The van der Waals surface area contributed by atoms with Crippen LogP contribution < -0.4 is 5.56 Å². The molecule has 2 fully saturated rings. The van der Waals surface area contributed by atoms with E-state index in [4.69, 9.17) is 4.98 Å². The molecule has 2 aromatic heterocycles. The Morgan fingerprint density at radius 2 is 1.79 bits per heavy atom. The predicted octanol–water partition coefficient (Wildman–Crippen LogP) is 3.43. The van der Waals surface area contributed by atoms with E-state index in [1.807, 2.05) is 6.07 Å². The number of hydrogen-bond donors (Lipinski definition) is 0. The van der Waals surface area contributed by atoms with Crippen molar-refractivity contribution in [2.45, 2.75) is 25.2 Å². The molecule has 5 heteroatoms. The van der Waals surface area contributed by atoms with E-state index in [9.17, 15) is 9.18 Å². The molecule has 0 N–H and O–H groups in total. The van der Waals surface area contributed by atoms with Gasteiger partial charge in [0, 0.05) is 12.1 Å². The van der Waals surface area contributed by atoms with E-state index in [0.29, 0.717) is 16.7 Å². The number of halogens is 1. The Labute approximate surface area is 138 Å². The highest BCUT2D eigenvalue weighted by molar-refractivity contribution is 5.73. The fourth-order valence-electron chi connectivity index (χ4n) is 4.07. The minimum Gasteiger partial charge on any atom is -0.266 e.